The lowest BCUT2D eigenvalue weighted by molar-refractivity contribution is 0.251. The molecule has 0 heterocycles. The summed E-state index contributed by atoms with van der Waals surface area (Å²) in [7, 11) is 0. The van der Waals surface area contributed by atoms with E-state index in [1.807, 2.05) is 30.3 Å². The maximum Gasteiger partial charge on any atom is 0.319 e. The van der Waals surface area contributed by atoms with Crippen LogP contribution in [-0.2, 0) is 6.54 Å². The fraction of sp³-hybridized carbons (Fsp3) is 0.0714. The molecule has 2 aromatic carbocycles. The van der Waals surface area contributed by atoms with Crippen molar-refractivity contribution >= 4 is 11.7 Å². The minimum absolute atomic E-state index is 0.189. The van der Waals surface area contributed by atoms with Crippen LogP contribution in [0.2, 0.25) is 0 Å². The van der Waals surface area contributed by atoms with Gasteiger partial charge in [-0.25, -0.2) is 13.6 Å². The summed E-state index contributed by atoms with van der Waals surface area (Å²) >= 11 is 0. The lowest BCUT2D eigenvalue weighted by Crippen LogP contribution is -2.28. The Bertz CT molecular complexity index is 573. The van der Waals surface area contributed by atoms with Crippen molar-refractivity contribution in [1.29, 1.82) is 0 Å². The van der Waals surface area contributed by atoms with Crippen molar-refractivity contribution < 1.29 is 13.6 Å². The van der Waals surface area contributed by atoms with Gasteiger partial charge in [0.05, 0.1) is 5.69 Å². The van der Waals surface area contributed by atoms with Crippen molar-refractivity contribution in [2.75, 3.05) is 5.32 Å². The Hall–Kier alpha value is -2.43. The van der Waals surface area contributed by atoms with Gasteiger partial charge in [0.2, 0.25) is 0 Å². The predicted molar refractivity (Wildman–Crippen MR) is 68.7 cm³/mol. The molecule has 2 amide bonds. The predicted octanol–water partition coefficient (Wildman–Crippen LogP) is 3.29. The SMILES string of the molecule is O=C(NCc1ccccc1)Nc1cccc(F)c1F. The number of hydrogen-bond acceptors (Lipinski definition) is 1. The van der Waals surface area contributed by atoms with E-state index in [2.05, 4.69) is 10.6 Å². The first-order chi connectivity index (χ1) is 9.16. The second kappa shape index (κ2) is 5.95. The maximum absolute atomic E-state index is 13.3. The quantitative estimate of drug-likeness (QED) is 0.875. The molecule has 0 aliphatic rings. The van der Waals surface area contributed by atoms with Crippen LogP contribution in [0.15, 0.2) is 48.5 Å². The van der Waals surface area contributed by atoms with Gasteiger partial charge in [0, 0.05) is 6.54 Å². The zero-order valence-corrected chi connectivity index (χ0v) is 9.99. The average Bonchev–Trinajstić information content (AvgIpc) is 2.43. The van der Waals surface area contributed by atoms with Crippen LogP contribution in [0.5, 0.6) is 0 Å². The first-order valence-corrected chi connectivity index (χ1v) is 5.69. The average molecular weight is 262 g/mol. The highest BCUT2D eigenvalue weighted by atomic mass is 19.2. The van der Waals surface area contributed by atoms with Crippen LogP contribution in [0.1, 0.15) is 5.56 Å². The Kier molecular flexibility index (Phi) is 4.07. The summed E-state index contributed by atoms with van der Waals surface area (Å²) in [6.45, 7) is 0.309. The van der Waals surface area contributed by atoms with Crippen LogP contribution < -0.4 is 10.6 Å². The summed E-state index contributed by atoms with van der Waals surface area (Å²) in [5.74, 6) is -2.07. The van der Waals surface area contributed by atoms with Crippen LogP contribution in [0.25, 0.3) is 0 Å². The number of nitrogens with one attached hydrogen (secondary N) is 2. The number of urea groups is 1. The Morgan fingerprint density at radius 1 is 1.00 bits per heavy atom. The number of carbonyl (C=O) groups excluding carboxylic acids is 1. The lowest BCUT2D eigenvalue weighted by atomic mass is 10.2. The van der Waals surface area contributed by atoms with E-state index in [-0.39, 0.29) is 5.69 Å². The van der Waals surface area contributed by atoms with Crippen molar-refractivity contribution in [3.63, 3.8) is 0 Å². The first-order valence-electron chi connectivity index (χ1n) is 5.69. The summed E-state index contributed by atoms with van der Waals surface area (Å²) in [6, 6.07) is 12.3. The molecule has 0 aliphatic heterocycles. The fourth-order valence-electron chi connectivity index (χ4n) is 1.55. The highest BCUT2D eigenvalue weighted by Gasteiger charge is 2.09. The molecule has 3 nitrogen and oxygen atoms in total. The molecule has 19 heavy (non-hydrogen) atoms. The zero-order chi connectivity index (χ0) is 13.7. The second-order valence-corrected chi connectivity index (χ2v) is 3.89. The summed E-state index contributed by atoms with van der Waals surface area (Å²) in [6.07, 6.45) is 0. The molecule has 2 N–H and O–H groups in total. The molecule has 98 valence electrons. The molecule has 0 unspecified atom stereocenters. The Balaban J connectivity index is 1.93. The number of amides is 2. The van der Waals surface area contributed by atoms with Gasteiger partial charge in [0.25, 0.3) is 0 Å². The highest BCUT2D eigenvalue weighted by molar-refractivity contribution is 5.89. The van der Waals surface area contributed by atoms with Gasteiger partial charge in [0.1, 0.15) is 0 Å². The largest absolute Gasteiger partial charge is 0.334 e. The summed E-state index contributed by atoms with van der Waals surface area (Å²) in [5.41, 5.74) is 0.725. The molecular formula is C14H12F2N2O. The first kappa shape index (κ1) is 13.0. The van der Waals surface area contributed by atoms with E-state index in [0.29, 0.717) is 6.54 Å². The molecule has 5 heteroatoms. The van der Waals surface area contributed by atoms with E-state index in [4.69, 9.17) is 0 Å². The number of halogens is 2. The summed E-state index contributed by atoms with van der Waals surface area (Å²) in [4.78, 5) is 11.5. The van der Waals surface area contributed by atoms with Crippen LogP contribution in [-0.4, -0.2) is 6.03 Å². The topological polar surface area (TPSA) is 41.1 Å². The van der Waals surface area contributed by atoms with Crippen molar-refractivity contribution in [1.82, 2.24) is 5.32 Å². The van der Waals surface area contributed by atoms with Crippen LogP contribution in [0.3, 0.4) is 0 Å². The van der Waals surface area contributed by atoms with Gasteiger partial charge in [-0.3, -0.25) is 0 Å². The third-order valence-corrected chi connectivity index (χ3v) is 2.50. The van der Waals surface area contributed by atoms with E-state index in [0.717, 1.165) is 11.6 Å². The molecule has 2 aromatic rings. The Morgan fingerprint density at radius 2 is 1.74 bits per heavy atom. The van der Waals surface area contributed by atoms with Crippen LogP contribution in [0, 0.1) is 11.6 Å². The van der Waals surface area contributed by atoms with Gasteiger partial charge in [-0.15, -0.1) is 0 Å². The smallest absolute Gasteiger partial charge is 0.319 e. The van der Waals surface area contributed by atoms with E-state index in [1.165, 1.54) is 12.1 Å². The summed E-state index contributed by atoms with van der Waals surface area (Å²) in [5, 5.41) is 4.81. The minimum atomic E-state index is -1.07. The van der Waals surface area contributed by atoms with Gasteiger partial charge < -0.3 is 10.6 Å². The van der Waals surface area contributed by atoms with Crippen LogP contribution >= 0.6 is 0 Å². The van der Waals surface area contributed by atoms with Crippen molar-refractivity contribution in [2.24, 2.45) is 0 Å². The van der Waals surface area contributed by atoms with Gasteiger partial charge in [0.15, 0.2) is 11.6 Å². The highest BCUT2D eigenvalue weighted by Crippen LogP contribution is 2.16. The monoisotopic (exact) mass is 262 g/mol. The van der Waals surface area contributed by atoms with E-state index in [9.17, 15) is 13.6 Å². The molecule has 0 atom stereocenters. The van der Waals surface area contributed by atoms with Crippen LogP contribution in [0.4, 0.5) is 19.3 Å². The Labute approximate surface area is 109 Å². The van der Waals surface area contributed by atoms with Gasteiger partial charge in [-0.2, -0.15) is 0 Å². The molecule has 0 saturated carbocycles. The van der Waals surface area contributed by atoms with Gasteiger partial charge >= 0.3 is 6.03 Å². The van der Waals surface area contributed by atoms with Crippen molar-refractivity contribution in [2.45, 2.75) is 6.54 Å². The molecular weight excluding hydrogens is 250 g/mol. The van der Waals surface area contributed by atoms with Gasteiger partial charge in [-0.1, -0.05) is 36.4 Å². The van der Waals surface area contributed by atoms with Crippen molar-refractivity contribution in [3.05, 3.63) is 65.7 Å². The standard InChI is InChI=1S/C14H12F2N2O/c15-11-7-4-8-12(13(11)16)18-14(19)17-9-10-5-2-1-3-6-10/h1-8H,9H2,(H2,17,18,19). The maximum atomic E-state index is 13.3. The van der Waals surface area contributed by atoms with Crippen molar-refractivity contribution in [3.8, 4) is 0 Å². The normalized spacial score (nSPS) is 10.0. The molecule has 0 aromatic heterocycles. The summed E-state index contributed by atoms with van der Waals surface area (Å²) < 4.78 is 26.2. The molecule has 2 rings (SSSR count). The number of hydrogen-bond donors (Lipinski definition) is 2. The number of rotatable bonds is 3. The van der Waals surface area contributed by atoms with E-state index in [1.54, 1.807) is 0 Å². The fourth-order valence-corrected chi connectivity index (χ4v) is 1.55. The second-order valence-electron chi connectivity index (χ2n) is 3.89. The van der Waals surface area contributed by atoms with Gasteiger partial charge in [-0.05, 0) is 17.7 Å². The van der Waals surface area contributed by atoms with E-state index >= 15 is 0 Å². The molecule has 0 radical (unpaired) electrons. The zero-order valence-electron chi connectivity index (χ0n) is 9.99. The Morgan fingerprint density at radius 3 is 2.47 bits per heavy atom. The minimum Gasteiger partial charge on any atom is -0.334 e. The number of benzene rings is 2. The van der Waals surface area contributed by atoms with E-state index < -0.39 is 17.7 Å². The third kappa shape index (κ3) is 3.51. The number of anilines is 1. The molecule has 0 fully saturated rings. The lowest BCUT2D eigenvalue weighted by Gasteiger charge is -2.08. The molecule has 0 aliphatic carbocycles. The third-order valence-electron chi connectivity index (χ3n) is 2.50. The molecule has 0 bridgehead atoms. The number of carbonyl (C=O) groups is 1. The molecule has 0 saturated heterocycles. The molecule has 0 spiro atoms.